The highest BCUT2D eigenvalue weighted by Crippen LogP contribution is 2.62. The van der Waals surface area contributed by atoms with E-state index in [0.29, 0.717) is 46.1 Å². The van der Waals surface area contributed by atoms with Gasteiger partial charge in [-0.25, -0.2) is 14.4 Å². The lowest BCUT2D eigenvalue weighted by Gasteiger charge is -2.26. The van der Waals surface area contributed by atoms with Gasteiger partial charge in [0, 0.05) is 48.3 Å². The number of anilines is 1. The van der Waals surface area contributed by atoms with Crippen molar-refractivity contribution in [1.82, 2.24) is 30.3 Å². The average molecular weight is 471 g/mol. The van der Waals surface area contributed by atoms with E-state index in [9.17, 15) is 4.39 Å². The van der Waals surface area contributed by atoms with Crippen LogP contribution in [0.2, 0.25) is 0 Å². The van der Waals surface area contributed by atoms with E-state index in [2.05, 4.69) is 25.2 Å². The summed E-state index contributed by atoms with van der Waals surface area (Å²) < 4.78 is 19.6. The van der Waals surface area contributed by atoms with E-state index >= 15 is 0 Å². The number of benzene rings is 1. The normalized spacial score (nSPS) is 23.7. The number of fused-ring (bicyclic) bond motifs is 3. The maximum Gasteiger partial charge on any atom is 0.202 e. The largest absolute Gasteiger partial charge is 0.361 e. The minimum absolute atomic E-state index is 0.124. The number of hydrogen-bond acceptors (Lipinski definition) is 8. The minimum Gasteiger partial charge on any atom is -0.361 e. The molecule has 9 nitrogen and oxygen atoms in total. The first kappa shape index (κ1) is 20.5. The van der Waals surface area contributed by atoms with Gasteiger partial charge in [-0.2, -0.15) is 5.10 Å². The third kappa shape index (κ3) is 2.86. The molecule has 5 heterocycles. The van der Waals surface area contributed by atoms with E-state index in [0.717, 1.165) is 42.3 Å². The molecule has 1 aliphatic heterocycles. The molecular formula is C25H23FN8O. The van der Waals surface area contributed by atoms with Crippen molar-refractivity contribution in [3.05, 3.63) is 60.0 Å². The number of rotatable bonds is 4. The van der Waals surface area contributed by atoms with Crippen LogP contribution in [0.15, 0.2) is 47.2 Å². The SMILES string of the molecule is Cc1cc([C@@]2(CN)[C@@H]3CCN(c4cnc5c(-c6ccnc7c(F)cccc67)[nH]nc5n4)C[C@@H]32)no1. The summed E-state index contributed by atoms with van der Waals surface area (Å²) in [6.45, 7) is 4.16. The van der Waals surface area contributed by atoms with E-state index in [1.165, 1.54) is 6.07 Å². The lowest BCUT2D eigenvalue weighted by atomic mass is 9.97. The Morgan fingerprint density at radius 2 is 2.14 bits per heavy atom. The maximum absolute atomic E-state index is 14.3. The molecule has 10 heteroatoms. The van der Waals surface area contributed by atoms with Gasteiger partial charge in [-0.05, 0) is 37.3 Å². The molecular weight excluding hydrogens is 447 g/mol. The number of H-pyrrole nitrogens is 1. The highest BCUT2D eigenvalue weighted by Gasteiger charge is 2.67. The first-order valence-electron chi connectivity index (χ1n) is 11.7. The van der Waals surface area contributed by atoms with Crippen molar-refractivity contribution >= 4 is 27.9 Å². The Bertz CT molecular complexity index is 1600. The van der Waals surface area contributed by atoms with Crippen molar-refractivity contribution in [1.29, 1.82) is 0 Å². The van der Waals surface area contributed by atoms with Crippen molar-refractivity contribution < 1.29 is 8.91 Å². The van der Waals surface area contributed by atoms with Crippen molar-refractivity contribution in [2.75, 3.05) is 24.5 Å². The maximum atomic E-state index is 14.3. The summed E-state index contributed by atoms with van der Waals surface area (Å²) >= 11 is 0. The zero-order valence-corrected chi connectivity index (χ0v) is 19.1. The Morgan fingerprint density at radius 3 is 2.97 bits per heavy atom. The van der Waals surface area contributed by atoms with E-state index < -0.39 is 0 Å². The zero-order valence-electron chi connectivity index (χ0n) is 19.1. The predicted octanol–water partition coefficient (Wildman–Crippen LogP) is 3.36. The molecule has 0 bridgehead atoms. The second-order valence-electron chi connectivity index (χ2n) is 9.51. The van der Waals surface area contributed by atoms with Crippen LogP contribution in [0.5, 0.6) is 0 Å². The van der Waals surface area contributed by atoms with Crippen LogP contribution in [0.25, 0.3) is 33.3 Å². The smallest absolute Gasteiger partial charge is 0.202 e. The summed E-state index contributed by atoms with van der Waals surface area (Å²) in [5, 5.41) is 12.5. The Kier molecular flexibility index (Phi) is 4.26. The third-order valence-electron chi connectivity index (χ3n) is 7.84. The molecule has 1 saturated heterocycles. The number of hydrogen-bond donors (Lipinski definition) is 2. The second kappa shape index (κ2) is 7.29. The second-order valence-corrected chi connectivity index (χ2v) is 9.51. The molecule has 0 unspecified atom stereocenters. The van der Waals surface area contributed by atoms with Crippen molar-refractivity contribution in [3.63, 3.8) is 0 Å². The number of nitrogens with one attached hydrogen (secondary N) is 1. The molecule has 176 valence electrons. The number of aromatic amines is 1. The topological polar surface area (TPSA) is 123 Å². The first-order chi connectivity index (χ1) is 17.1. The molecule has 3 N–H and O–H groups in total. The minimum atomic E-state index is -0.362. The number of para-hydroxylation sites is 1. The molecule has 0 amide bonds. The monoisotopic (exact) mass is 470 g/mol. The summed E-state index contributed by atoms with van der Waals surface area (Å²) in [7, 11) is 0. The molecule has 4 aromatic heterocycles. The van der Waals surface area contributed by atoms with Crippen LogP contribution < -0.4 is 10.6 Å². The van der Waals surface area contributed by atoms with Gasteiger partial charge < -0.3 is 15.2 Å². The molecule has 1 saturated carbocycles. The number of piperidine rings is 1. The van der Waals surface area contributed by atoms with Crippen LogP contribution in [0, 0.1) is 24.6 Å². The Morgan fingerprint density at radius 1 is 1.23 bits per heavy atom. The van der Waals surface area contributed by atoms with E-state index in [1.54, 1.807) is 18.5 Å². The lowest BCUT2D eigenvalue weighted by Crippen LogP contribution is -2.32. The molecule has 35 heavy (non-hydrogen) atoms. The van der Waals surface area contributed by atoms with Gasteiger partial charge in [-0.15, -0.1) is 0 Å². The van der Waals surface area contributed by atoms with Gasteiger partial charge in [0.2, 0.25) is 5.65 Å². The molecule has 3 atom stereocenters. The summed E-state index contributed by atoms with van der Waals surface area (Å²) in [6.07, 6.45) is 4.39. The number of nitrogens with zero attached hydrogens (tertiary/aromatic N) is 6. The van der Waals surface area contributed by atoms with Crippen LogP contribution in [-0.2, 0) is 5.41 Å². The first-order valence-corrected chi connectivity index (χ1v) is 11.7. The fourth-order valence-corrected chi connectivity index (χ4v) is 6.04. The van der Waals surface area contributed by atoms with E-state index in [1.807, 2.05) is 25.1 Å². The summed E-state index contributed by atoms with van der Waals surface area (Å²) in [6, 6.07) is 8.77. The highest BCUT2D eigenvalue weighted by atomic mass is 19.1. The van der Waals surface area contributed by atoms with Crippen molar-refractivity contribution in [2.24, 2.45) is 17.6 Å². The molecule has 0 spiro atoms. The summed E-state index contributed by atoms with van der Waals surface area (Å²) in [4.78, 5) is 16.0. The van der Waals surface area contributed by atoms with Crippen molar-refractivity contribution in [2.45, 2.75) is 18.8 Å². The Labute approximate surface area is 199 Å². The number of pyridine rings is 1. The zero-order chi connectivity index (χ0) is 23.7. The van der Waals surface area contributed by atoms with Gasteiger partial charge >= 0.3 is 0 Å². The molecule has 1 aromatic carbocycles. The lowest BCUT2D eigenvalue weighted by molar-refractivity contribution is 0.379. The van der Waals surface area contributed by atoms with Gasteiger partial charge in [0.1, 0.15) is 28.4 Å². The Balaban J connectivity index is 1.21. The van der Waals surface area contributed by atoms with Crippen LogP contribution in [0.3, 0.4) is 0 Å². The molecule has 1 aliphatic carbocycles. The van der Waals surface area contributed by atoms with Gasteiger partial charge in [-0.1, -0.05) is 17.3 Å². The molecule has 0 radical (unpaired) electrons. The number of nitrogens with two attached hydrogens (primary N) is 1. The highest BCUT2D eigenvalue weighted by molar-refractivity contribution is 6.00. The quantitative estimate of drug-likeness (QED) is 0.410. The fraction of sp³-hybridized carbons (Fsp3) is 0.320. The van der Waals surface area contributed by atoms with Crippen molar-refractivity contribution in [3.8, 4) is 11.3 Å². The third-order valence-corrected chi connectivity index (χ3v) is 7.84. The predicted molar refractivity (Wildman–Crippen MR) is 128 cm³/mol. The van der Waals surface area contributed by atoms with Gasteiger partial charge in [0.25, 0.3) is 0 Å². The van der Waals surface area contributed by atoms with Gasteiger partial charge in [0.05, 0.1) is 17.6 Å². The molecule has 2 fully saturated rings. The number of halogens is 1. The molecule has 5 aromatic rings. The molecule has 2 aliphatic rings. The van der Waals surface area contributed by atoms with Crippen LogP contribution in [0.1, 0.15) is 17.9 Å². The van der Waals surface area contributed by atoms with E-state index in [-0.39, 0.29) is 11.2 Å². The fourth-order valence-electron chi connectivity index (χ4n) is 6.04. The van der Waals surface area contributed by atoms with Gasteiger partial charge in [-0.3, -0.25) is 10.1 Å². The number of aryl methyl sites for hydroxylation is 1. The van der Waals surface area contributed by atoms with Crippen LogP contribution in [0.4, 0.5) is 10.2 Å². The Hall–Kier alpha value is -3.92. The van der Waals surface area contributed by atoms with Crippen LogP contribution in [-0.4, -0.2) is 49.9 Å². The van der Waals surface area contributed by atoms with Gasteiger partial charge in [0.15, 0.2) is 0 Å². The molecule has 7 rings (SSSR count). The number of aromatic nitrogens is 6. The van der Waals surface area contributed by atoms with E-state index in [4.69, 9.17) is 20.2 Å². The summed E-state index contributed by atoms with van der Waals surface area (Å²) in [5.41, 5.74) is 10.1. The average Bonchev–Trinajstić information content (AvgIpc) is 3.13. The van der Waals surface area contributed by atoms with Crippen LogP contribution >= 0.6 is 0 Å². The standard InChI is InChI=1S/C25H23FN8O/c1-13-9-19(33-35-13)25(12-27)16-6-8-34(11-17(16)25)20-10-29-23-22(31-32-24(23)30-20)15-5-7-28-21-14(15)3-2-4-18(21)26/h2-5,7,9-10,16-17H,6,8,11-12,27H2,1H3,(H,30,31,32)/t16-,17+,25+/m1/s1. The summed E-state index contributed by atoms with van der Waals surface area (Å²) in [5.74, 6) is 2.13.